The fraction of sp³-hybridized carbons (Fsp3) is 0.400. The van der Waals surface area contributed by atoms with Gasteiger partial charge in [0.15, 0.2) is 0 Å². The van der Waals surface area contributed by atoms with Crippen molar-refractivity contribution in [3.05, 3.63) is 29.8 Å². The smallest absolute Gasteiger partial charge is 0.321 e. The molecule has 1 aromatic heterocycles. The molecule has 122 valence electrons. The van der Waals surface area contributed by atoms with Gasteiger partial charge in [0, 0.05) is 12.1 Å². The van der Waals surface area contributed by atoms with Gasteiger partial charge in [0.25, 0.3) is 5.91 Å². The molecule has 0 bridgehead atoms. The van der Waals surface area contributed by atoms with Crippen LogP contribution < -0.4 is 10.6 Å². The zero-order valence-corrected chi connectivity index (χ0v) is 13.2. The van der Waals surface area contributed by atoms with Gasteiger partial charge in [-0.3, -0.25) is 10.1 Å². The molecule has 0 radical (unpaired) electrons. The fourth-order valence-electron chi connectivity index (χ4n) is 1.89. The van der Waals surface area contributed by atoms with E-state index < -0.39 is 11.9 Å². The number of rotatable bonds is 6. The summed E-state index contributed by atoms with van der Waals surface area (Å²) < 4.78 is 0. The van der Waals surface area contributed by atoms with Crippen molar-refractivity contribution in [1.82, 2.24) is 30.8 Å². The third-order valence-corrected chi connectivity index (χ3v) is 3.15. The molecule has 2 aromatic rings. The number of nitrogens with one attached hydrogen (secondary N) is 2. The van der Waals surface area contributed by atoms with Gasteiger partial charge in [0.1, 0.15) is 6.54 Å². The number of carbonyl (C=O) groups excluding carboxylic acids is 2. The molecular weight excluding hydrogens is 296 g/mol. The zero-order valence-electron chi connectivity index (χ0n) is 13.2. The average Bonchev–Trinajstić information content (AvgIpc) is 3.01. The van der Waals surface area contributed by atoms with E-state index in [0.717, 1.165) is 23.2 Å². The van der Waals surface area contributed by atoms with E-state index >= 15 is 0 Å². The number of nitrogens with zero attached hydrogens (tertiary/aromatic N) is 4. The van der Waals surface area contributed by atoms with Crippen LogP contribution in [0.2, 0.25) is 0 Å². The molecule has 1 aromatic carbocycles. The van der Waals surface area contributed by atoms with Gasteiger partial charge in [-0.25, -0.2) is 4.79 Å². The van der Waals surface area contributed by atoms with E-state index in [4.69, 9.17) is 0 Å². The summed E-state index contributed by atoms with van der Waals surface area (Å²) in [7, 11) is 0. The molecule has 0 aliphatic heterocycles. The maximum absolute atomic E-state index is 11.7. The fourth-order valence-corrected chi connectivity index (χ4v) is 1.89. The number of aromatic nitrogens is 4. The molecule has 8 heteroatoms. The summed E-state index contributed by atoms with van der Waals surface area (Å²) in [5, 5.41) is 16.7. The van der Waals surface area contributed by atoms with Crippen LogP contribution in [-0.4, -0.2) is 38.7 Å². The number of amides is 3. The Morgan fingerprint density at radius 1 is 1.17 bits per heavy atom. The first-order valence-corrected chi connectivity index (χ1v) is 7.57. The van der Waals surface area contributed by atoms with Crippen molar-refractivity contribution < 1.29 is 9.59 Å². The second-order valence-corrected chi connectivity index (χ2v) is 5.00. The molecule has 0 spiro atoms. The Labute approximate surface area is 134 Å². The quantitative estimate of drug-likeness (QED) is 0.832. The molecule has 3 amide bonds. The van der Waals surface area contributed by atoms with Gasteiger partial charge >= 0.3 is 6.03 Å². The molecule has 0 fully saturated rings. The van der Waals surface area contributed by atoms with Crippen molar-refractivity contribution in [3.8, 4) is 11.4 Å². The van der Waals surface area contributed by atoms with Gasteiger partial charge in [0.05, 0.1) is 0 Å². The van der Waals surface area contributed by atoms with Gasteiger partial charge < -0.3 is 5.32 Å². The Bertz CT molecular complexity index is 665. The molecule has 23 heavy (non-hydrogen) atoms. The van der Waals surface area contributed by atoms with E-state index in [-0.39, 0.29) is 6.54 Å². The number of imide groups is 1. The summed E-state index contributed by atoms with van der Waals surface area (Å²) in [6, 6.07) is 7.31. The second-order valence-electron chi connectivity index (χ2n) is 5.00. The van der Waals surface area contributed by atoms with Crippen molar-refractivity contribution >= 4 is 11.9 Å². The van der Waals surface area contributed by atoms with E-state index in [0.29, 0.717) is 12.4 Å². The Morgan fingerprint density at radius 2 is 1.91 bits per heavy atom. The van der Waals surface area contributed by atoms with Gasteiger partial charge in [0.2, 0.25) is 5.82 Å². The highest BCUT2D eigenvalue weighted by Gasteiger charge is 2.11. The van der Waals surface area contributed by atoms with E-state index in [9.17, 15) is 9.59 Å². The lowest BCUT2D eigenvalue weighted by atomic mass is 10.1. The molecule has 0 saturated heterocycles. The molecule has 8 nitrogen and oxygen atoms in total. The van der Waals surface area contributed by atoms with Gasteiger partial charge in [-0.2, -0.15) is 4.80 Å². The highest BCUT2D eigenvalue weighted by Crippen LogP contribution is 2.14. The number of hydrogen-bond acceptors (Lipinski definition) is 5. The first kappa shape index (κ1) is 16.6. The first-order chi connectivity index (χ1) is 11.1. The number of hydrogen-bond donors (Lipinski definition) is 2. The minimum Gasteiger partial charge on any atom is -0.338 e. The monoisotopic (exact) mass is 316 g/mol. The van der Waals surface area contributed by atoms with Crippen molar-refractivity contribution in [2.45, 2.75) is 33.2 Å². The Kier molecular flexibility index (Phi) is 5.79. The van der Waals surface area contributed by atoms with Crippen molar-refractivity contribution in [2.75, 3.05) is 6.54 Å². The second kappa shape index (κ2) is 8.02. The van der Waals surface area contributed by atoms with Crippen LogP contribution in [0.15, 0.2) is 24.3 Å². The van der Waals surface area contributed by atoms with E-state index in [1.54, 1.807) is 0 Å². The minimum atomic E-state index is -0.521. The minimum absolute atomic E-state index is 0.167. The number of urea groups is 1. The summed E-state index contributed by atoms with van der Waals surface area (Å²) in [5.74, 6) is -0.0558. The predicted octanol–water partition coefficient (Wildman–Crippen LogP) is 1.14. The van der Waals surface area contributed by atoms with Crippen LogP contribution in [0.4, 0.5) is 4.79 Å². The molecule has 0 unspecified atom stereocenters. The third kappa shape index (κ3) is 4.87. The van der Waals surface area contributed by atoms with Gasteiger partial charge in [-0.1, -0.05) is 38.1 Å². The Morgan fingerprint density at radius 3 is 2.57 bits per heavy atom. The lowest BCUT2D eigenvalue weighted by Gasteiger charge is -2.04. The lowest BCUT2D eigenvalue weighted by Crippen LogP contribution is -2.41. The normalized spacial score (nSPS) is 10.3. The van der Waals surface area contributed by atoms with Crippen molar-refractivity contribution in [3.63, 3.8) is 0 Å². The number of tetrazole rings is 1. The SMILES string of the molecule is CCCNC(=O)NC(=O)Cn1nnc(-c2ccc(CC)cc2)n1. The first-order valence-electron chi connectivity index (χ1n) is 7.57. The average molecular weight is 316 g/mol. The molecule has 0 aliphatic carbocycles. The van der Waals surface area contributed by atoms with Crippen LogP contribution in [0.5, 0.6) is 0 Å². The van der Waals surface area contributed by atoms with Crippen LogP contribution in [0.3, 0.4) is 0 Å². The predicted molar refractivity (Wildman–Crippen MR) is 84.5 cm³/mol. The van der Waals surface area contributed by atoms with Crippen LogP contribution in [-0.2, 0) is 17.8 Å². The topological polar surface area (TPSA) is 102 Å². The van der Waals surface area contributed by atoms with E-state index in [2.05, 4.69) is 33.0 Å². The maximum atomic E-state index is 11.7. The van der Waals surface area contributed by atoms with Crippen LogP contribution in [0.25, 0.3) is 11.4 Å². The van der Waals surface area contributed by atoms with E-state index in [1.807, 2.05) is 31.2 Å². The Hall–Kier alpha value is -2.77. The van der Waals surface area contributed by atoms with Crippen LogP contribution in [0.1, 0.15) is 25.8 Å². The summed E-state index contributed by atoms with van der Waals surface area (Å²) in [6.07, 6.45) is 1.76. The molecule has 0 aliphatic rings. The van der Waals surface area contributed by atoms with Crippen molar-refractivity contribution in [2.24, 2.45) is 0 Å². The maximum Gasteiger partial charge on any atom is 0.321 e. The van der Waals surface area contributed by atoms with Gasteiger partial charge in [-0.15, -0.1) is 10.2 Å². The standard InChI is InChI=1S/C15H20N6O2/c1-3-9-16-15(23)17-13(22)10-21-19-14(18-20-21)12-7-5-11(4-2)6-8-12/h5-8H,3-4,9-10H2,1-2H3,(H2,16,17,22,23). The summed E-state index contributed by atoms with van der Waals surface area (Å²) in [4.78, 5) is 24.3. The summed E-state index contributed by atoms with van der Waals surface area (Å²) in [5.41, 5.74) is 2.05. The third-order valence-electron chi connectivity index (χ3n) is 3.15. The lowest BCUT2D eigenvalue weighted by molar-refractivity contribution is -0.121. The van der Waals surface area contributed by atoms with Crippen LogP contribution in [0, 0.1) is 0 Å². The molecule has 2 N–H and O–H groups in total. The van der Waals surface area contributed by atoms with Crippen LogP contribution >= 0.6 is 0 Å². The Balaban J connectivity index is 1.93. The number of benzene rings is 1. The molecular formula is C15H20N6O2. The molecule has 2 rings (SSSR count). The highest BCUT2D eigenvalue weighted by molar-refractivity contribution is 5.94. The number of aryl methyl sites for hydroxylation is 1. The molecule has 0 saturated carbocycles. The number of carbonyl (C=O) groups is 2. The summed E-state index contributed by atoms with van der Waals surface area (Å²) >= 11 is 0. The van der Waals surface area contributed by atoms with Crippen molar-refractivity contribution in [1.29, 1.82) is 0 Å². The highest BCUT2D eigenvalue weighted by atomic mass is 16.2. The van der Waals surface area contributed by atoms with E-state index in [1.165, 1.54) is 5.56 Å². The molecule has 1 heterocycles. The zero-order chi connectivity index (χ0) is 16.7. The largest absolute Gasteiger partial charge is 0.338 e. The molecule has 0 atom stereocenters. The van der Waals surface area contributed by atoms with Gasteiger partial charge in [-0.05, 0) is 23.6 Å². The summed E-state index contributed by atoms with van der Waals surface area (Å²) in [6.45, 7) is 4.35.